The summed E-state index contributed by atoms with van der Waals surface area (Å²) in [6.45, 7) is 4.32. The highest BCUT2D eigenvalue weighted by Gasteiger charge is 2.31. The molecule has 0 amide bonds. The minimum Gasteiger partial charge on any atom is -0.454 e. The van der Waals surface area contributed by atoms with E-state index in [1.54, 1.807) is 0 Å². The molecule has 0 spiro atoms. The minimum absolute atomic E-state index is 0.00801. The highest BCUT2D eigenvalue weighted by molar-refractivity contribution is 5.78. The van der Waals surface area contributed by atoms with Crippen molar-refractivity contribution in [3.63, 3.8) is 0 Å². The van der Waals surface area contributed by atoms with E-state index in [2.05, 4.69) is 13.0 Å². The van der Waals surface area contributed by atoms with Gasteiger partial charge >= 0.3 is 5.97 Å². The van der Waals surface area contributed by atoms with Crippen molar-refractivity contribution < 1.29 is 19.0 Å². The van der Waals surface area contributed by atoms with Crippen LogP contribution in [0, 0.1) is 13.8 Å². The van der Waals surface area contributed by atoms with E-state index < -0.39 is 0 Å². The van der Waals surface area contributed by atoms with Gasteiger partial charge in [0.1, 0.15) is 5.75 Å². The van der Waals surface area contributed by atoms with Gasteiger partial charge in [0.15, 0.2) is 11.5 Å². The van der Waals surface area contributed by atoms with Gasteiger partial charge in [-0.3, -0.25) is 4.79 Å². The number of carbonyl (C=O) groups excluding carboxylic acids is 1. The van der Waals surface area contributed by atoms with Crippen LogP contribution in [0.3, 0.4) is 0 Å². The Kier molecular flexibility index (Phi) is 2.86. The van der Waals surface area contributed by atoms with E-state index in [-0.39, 0.29) is 18.7 Å². The molecule has 0 N–H and O–H groups in total. The second kappa shape index (κ2) is 4.77. The highest BCUT2D eigenvalue weighted by atomic mass is 16.7. The quantitative estimate of drug-likeness (QED) is 0.597. The van der Waals surface area contributed by atoms with Gasteiger partial charge in [0, 0.05) is 11.5 Å². The summed E-state index contributed by atoms with van der Waals surface area (Å²) in [6.07, 6.45) is 0.344. The smallest absolute Gasteiger partial charge is 0.312 e. The van der Waals surface area contributed by atoms with Gasteiger partial charge in [-0.05, 0) is 48.7 Å². The Hall–Kier alpha value is -2.49. The van der Waals surface area contributed by atoms with Crippen molar-refractivity contribution in [3.8, 4) is 17.2 Å². The maximum absolute atomic E-state index is 12.0. The third-order valence-electron chi connectivity index (χ3n) is 4.24. The van der Waals surface area contributed by atoms with Gasteiger partial charge in [0.2, 0.25) is 6.79 Å². The van der Waals surface area contributed by atoms with E-state index in [0.717, 1.165) is 33.8 Å². The second-order valence-electron chi connectivity index (χ2n) is 5.84. The SMILES string of the molecule is Cc1cc(C)c2c(c1)OC(=O)C[C@H]2c1ccc2c(c1)OCO2. The van der Waals surface area contributed by atoms with E-state index in [9.17, 15) is 4.79 Å². The van der Waals surface area contributed by atoms with E-state index in [4.69, 9.17) is 14.2 Å². The summed E-state index contributed by atoms with van der Waals surface area (Å²) in [5.74, 6) is 1.97. The molecule has 0 fully saturated rings. The number of ether oxygens (including phenoxy) is 3. The van der Waals surface area contributed by atoms with Crippen LogP contribution in [0.4, 0.5) is 0 Å². The van der Waals surface area contributed by atoms with E-state index in [1.165, 1.54) is 0 Å². The third-order valence-corrected chi connectivity index (χ3v) is 4.24. The molecule has 2 aliphatic heterocycles. The standard InChI is InChI=1S/C18H16O4/c1-10-5-11(2)18-13(8-17(19)22-16(18)6-10)12-3-4-14-15(7-12)21-9-20-14/h3-7,13H,8-9H2,1-2H3/t13-/m0/s1. The Balaban J connectivity index is 1.85. The topological polar surface area (TPSA) is 44.8 Å². The van der Waals surface area contributed by atoms with Gasteiger partial charge in [-0.15, -0.1) is 0 Å². The monoisotopic (exact) mass is 296 g/mol. The zero-order chi connectivity index (χ0) is 15.3. The zero-order valence-electron chi connectivity index (χ0n) is 12.5. The predicted octanol–water partition coefficient (Wildman–Crippen LogP) is 3.47. The first-order chi connectivity index (χ1) is 10.6. The van der Waals surface area contributed by atoms with Crippen LogP contribution in [0.5, 0.6) is 17.2 Å². The molecular weight excluding hydrogens is 280 g/mol. The summed E-state index contributed by atoms with van der Waals surface area (Å²) < 4.78 is 16.3. The van der Waals surface area contributed by atoms with Gasteiger partial charge in [0.25, 0.3) is 0 Å². The fourth-order valence-electron chi connectivity index (χ4n) is 3.32. The summed E-state index contributed by atoms with van der Waals surface area (Å²) in [4.78, 5) is 12.0. The van der Waals surface area contributed by atoms with Crippen molar-refractivity contribution in [1.29, 1.82) is 0 Å². The van der Waals surface area contributed by atoms with Crippen molar-refractivity contribution in [1.82, 2.24) is 0 Å². The van der Waals surface area contributed by atoms with Gasteiger partial charge in [0.05, 0.1) is 6.42 Å². The number of hydrogen-bond donors (Lipinski definition) is 0. The molecule has 2 aliphatic rings. The van der Waals surface area contributed by atoms with Crippen LogP contribution in [0.25, 0.3) is 0 Å². The molecule has 0 unspecified atom stereocenters. The van der Waals surface area contributed by atoms with Crippen LogP contribution in [-0.2, 0) is 4.79 Å². The first-order valence-electron chi connectivity index (χ1n) is 7.33. The highest BCUT2D eigenvalue weighted by Crippen LogP contribution is 2.43. The van der Waals surface area contributed by atoms with Gasteiger partial charge in [-0.25, -0.2) is 0 Å². The molecule has 22 heavy (non-hydrogen) atoms. The average Bonchev–Trinajstić information content (AvgIpc) is 2.92. The summed E-state index contributed by atoms with van der Waals surface area (Å²) >= 11 is 0. The molecule has 4 nitrogen and oxygen atoms in total. The Morgan fingerprint density at radius 3 is 2.68 bits per heavy atom. The number of esters is 1. The molecule has 0 aromatic heterocycles. The Bertz CT molecular complexity index is 779. The van der Waals surface area contributed by atoms with Crippen LogP contribution in [-0.4, -0.2) is 12.8 Å². The fourth-order valence-corrected chi connectivity index (χ4v) is 3.32. The second-order valence-corrected chi connectivity index (χ2v) is 5.84. The molecule has 0 saturated heterocycles. The van der Waals surface area contributed by atoms with Crippen LogP contribution in [0.2, 0.25) is 0 Å². The van der Waals surface area contributed by atoms with Crippen LogP contribution in [0.15, 0.2) is 30.3 Å². The molecule has 4 rings (SSSR count). The van der Waals surface area contributed by atoms with Crippen molar-refractivity contribution in [2.75, 3.05) is 6.79 Å². The third kappa shape index (κ3) is 2.03. The summed E-state index contributed by atoms with van der Waals surface area (Å²) in [5, 5.41) is 0. The first kappa shape index (κ1) is 13.2. The molecule has 1 atom stereocenters. The van der Waals surface area contributed by atoms with Crippen LogP contribution in [0.1, 0.15) is 34.6 Å². The fraction of sp³-hybridized carbons (Fsp3) is 0.278. The molecular formula is C18H16O4. The van der Waals surface area contributed by atoms with E-state index in [1.807, 2.05) is 31.2 Å². The first-order valence-corrected chi connectivity index (χ1v) is 7.33. The summed E-state index contributed by atoms with van der Waals surface area (Å²) in [7, 11) is 0. The molecule has 2 aromatic carbocycles. The van der Waals surface area contributed by atoms with Crippen molar-refractivity contribution in [3.05, 3.63) is 52.6 Å². The minimum atomic E-state index is -0.194. The normalized spacial score (nSPS) is 18.8. The lowest BCUT2D eigenvalue weighted by molar-refractivity contribution is -0.135. The molecule has 0 aliphatic carbocycles. The summed E-state index contributed by atoms with van der Waals surface area (Å²) in [5.41, 5.74) is 4.37. The largest absolute Gasteiger partial charge is 0.454 e. The lowest BCUT2D eigenvalue weighted by Gasteiger charge is -2.27. The van der Waals surface area contributed by atoms with Gasteiger partial charge in [-0.1, -0.05) is 12.1 Å². The van der Waals surface area contributed by atoms with Gasteiger partial charge < -0.3 is 14.2 Å². The molecule has 112 valence electrons. The molecule has 2 heterocycles. The zero-order valence-corrected chi connectivity index (χ0v) is 12.5. The van der Waals surface area contributed by atoms with Crippen molar-refractivity contribution >= 4 is 5.97 Å². The van der Waals surface area contributed by atoms with Gasteiger partial charge in [-0.2, -0.15) is 0 Å². The van der Waals surface area contributed by atoms with E-state index >= 15 is 0 Å². The number of carbonyl (C=O) groups is 1. The number of benzene rings is 2. The van der Waals surface area contributed by atoms with Crippen LogP contribution < -0.4 is 14.2 Å². The maximum Gasteiger partial charge on any atom is 0.312 e. The predicted molar refractivity (Wildman–Crippen MR) is 80.6 cm³/mol. The number of fused-ring (bicyclic) bond motifs is 2. The molecule has 0 bridgehead atoms. The summed E-state index contributed by atoms with van der Waals surface area (Å²) in [6, 6.07) is 9.92. The Labute approximate surface area is 128 Å². The molecule has 0 radical (unpaired) electrons. The van der Waals surface area contributed by atoms with Crippen molar-refractivity contribution in [2.24, 2.45) is 0 Å². The lowest BCUT2D eigenvalue weighted by Crippen LogP contribution is -2.22. The average molecular weight is 296 g/mol. The Morgan fingerprint density at radius 2 is 1.82 bits per heavy atom. The maximum atomic E-state index is 12.0. The lowest BCUT2D eigenvalue weighted by atomic mass is 9.83. The molecule has 0 saturated carbocycles. The number of hydrogen-bond acceptors (Lipinski definition) is 4. The molecule has 4 heteroatoms. The Morgan fingerprint density at radius 1 is 1.00 bits per heavy atom. The van der Waals surface area contributed by atoms with Crippen molar-refractivity contribution in [2.45, 2.75) is 26.2 Å². The number of aryl methyl sites for hydroxylation is 2. The van der Waals surface area contributed by atoms with E-state index in [0.29, 0.717) is 12.2 Å². The number of rotatable bonds is 1. The molecule has 2 aromatic rings. The van der Waals surface area contributed by atoms with Crippen LogP contribution >= 0.6 is 0 Å².